The number of anilines is 1. The van der Waals surface area contributed by atoms with Gasteiger partial charge in [-0.1, -0.05) is 48.9 Å². The molecule has 2 saturated carbocycles. The van der Waals surface area contributed by atoms with Crippen molar-refractivity contribution in [3.8, 4) is 5.75 Å². The zero-order valence-electron chi connectivity index (χ0n) is 13.9. The second kappa shape index (κ2) is 6.31. The highest BCUT2D eigenvalue weighted by Gasteiger charge is 2.55. The van der Waals surface area contributed by atoms with Gasteiger partial charge in [-0.3, -0.25) is 4.79 Å². The molecule has 2 unspecified atom stereocenters. The van der Waals surface area contributed by atoms with Gasteiger partial charge in [0.15, 0.2) is 0 Å². The van der Waals surface area contributed by atoms with Crippen LogP contribution in [-0.4, -0.2) is 13.0 Å². The highest BCUT2D eigenvalue weighted by molar-refractivity contribution is 5.95. The Hall–Kier alpha value is -2.29. The number of ether oxygens (including phenoxy) is 1. The highest BCUT2D eigenvalue weighted by atomic mass is 16.5. The minimum atomic E-state index is 0.133. The molecule has 0 aromatic heterocycles. The van der Waals surface area contributed by atoms with Crippen molar-refractivity contribution in [1.29, 1.82) is 0 Å². The fourth-order valence-electron chi connectivity index (χ4n) is 4.77. The van der Waals surface area contributed by atoms with E-state index < -0.39 is 0 Å². The summed E-state index contributed by atoms with van der Waals surface area (Å²) in [5, 5.41) is 3.10. The van der Waals surface area contributed by atoms with Gasteiger partial charge in [0, 0.05) is 5.92 Å². The zero-order chi connectivity index (χ0) is 16.5. The lowest BCUT2D eigenvalue weighted by atomic mass is 9.48. The number of hydrogen-bond acceptors (Lipinski definition) is 2. The molecule has 2 aromatic carbocycles. The number of carbonyl (C=O) groups excluding carboxylic acids is 1. The SMILES string of the molecule is COc1ccccc1NC(=O)C1C2CCCC1C2c1ccccc1. The third kappa shape index (κ3) is 2.48. The average molecular weight is 321 g/mol. The standard InChI is InChI=1S/C21H23NO2/c1-24-18-13-6-5-12-17(18)22-21(23)20-15-10-7-11-16(20)19(15)14-8-3-2-4-9-14/h2-6,8-9,12-13,15-16,19-20H,7,10-11H2,1H3,(H,22,23). The Balaban J connectivity index is 1.52. The summed E-state index contributed by atoms with van der Waals surface area (Å²) >= 11 is 0. The molecule has 0 spiro atoms. The van der Waals surface area contributed by atoms with Crippen molar-refractivity contribution in [2.45, 2.75) is 25.2 Å². The van der Waals surface area contributed by atoms with Crippen LogP contribution < -0.4 is 10.1 Å². The molecule has 2 atom stereocenters. The smallest absolute Gasteiger partial charge is 0.228 e. The minimum Gasteiger partial charge on any atom is -0.495 e. The Kier molecular flexibility index (Phi) is 4.01. The zero-order valence-corrected chi connectivity index (χ0v) is 13.9. The van der Waals surface area contributed by atoms with Crippen LogP contribution in [0, 0.1) is 17.8 Å². The maximum absolute atomic E-state index is 12.9. The summed E-state index contributed by atoms with van der Waals surface area (Å²) in [5.74, 6) is 2.50. The second-order valence-corrected chi connectivity index (χ2v) is 6.91. The van der Waals surface area contributed by atoms with Gasteiger partial charge in [0.25, 0.3) is 0 Å². The number of hydrogen-bond donors (Lipinski definition) is 1. The number of carbonyl (C=O) groups is 1. The fourth-order valence-corrected chi connectivity index (χ4v) is 4.77. The molecule has 2 bridgehead atoms. The Labute approximate surface area is 143 Å². The maximum atomic E-state index is 12.9. The number of methoxy groups -OCH3 is 1. The molecule has 0 saturated heterocycles. The summed E-state index contributed by atoms with van der Waals surface area (Å²) < 4.78 is 5.35. The van der Waals surface area contributed by atoms with Gasteiger partial charge >= 0.3 is 0 Å². The van der Waals surface area contributed by atoms with E-state index in [2.05, 4.69) is 35.6 Å². The van der Waals surface area contributed by atoms with E-state index in [-0.39, 0.29) is 11.8 Å². The molecular weight excluding hydrogens is 298 g/mol. The van der Waals surface area contributed by atoms with Crippen molar-refractivity contribution in [2.75, 3.05) is 12.4 Å². The summed E-state index contributed by atoms with van der Waals surface area (Å²) in [6, 6.07) is 18.3. The van der Waals surface area contributed by atoms with Gasteiger partial charge in [0.1, 0.15) is 5.75 Å². The molecule has 124 valence electrons. The van der Waals surface area contributed by atoms with Crippen molar-refractivity contribution in [1.82, 2.24) is 0 Å². The Morgan fingerprint density at radius 1 is 1.00 bits per heavy atom. The van der Waals surface area contributed by atoms with E-state index in [0.717, 1.165) is 24.3 Å². The molecule has 2 aromatic rings. The van der Waals surface area contributed by atoms with Crippen molar-refractivity contribution < 1.29 is 9.53 Å². The highest BCUT2D eigenvalue weighted by Crippen LogP contribution is 2.60. The van der Waals surface area contributed by atoms with Crippen molar-refractivity contribution in [2.24, 2.45) is 17.8 Å². The minimum absolute atomic E-state index is 0.133. The van der Waals surface area contributed by atoms with E-state index in [0.29, 0.717) is 17.8 Å². The van der Waals surface area contributed by atoms with Crippen LogP contribution in [0.4, 0.5) is 5.69 Å². The molecule has 1 N–H and O–H groups in total. The van der Waals surface area contributed by atoms with Gasteiger partial charge in [0.05, 0.1) is 12.8 Å². The summed E-state index contributed by atoms with van der Waals surface area (Å²) in [7, 11) is 1.63. The van der Waals surface area contributed by atoms with Gasteiger partial charge in [-0.2, -0.15) is 0 Å². The molecule has 0 radical (unpaired) electrons. The monoisotopic (exact) mass is 321 g/mol. The van der Waals surface area contributed by atoms with Crippen LogP contribution in [0.25, 0.3) is 0 Å². The Morgan fingerprint density at radius 3 is 2.38 bits per heavy atom. The van der Waals surface area contributed by atoms with Crippen LogP contribution in [0.15, 0.2) is 54.6 Å². The van der Waals surface area contributed by atoms with Crippen LogP contribution in [0.3, 0.4) is 0 Å². The molecule has 1 amide bonds. The van der Waals surface area contributed by atoms with Crippen LogP contribution in [-0.2, 0) is 4.79 Å². The normalized spacial score (nSPS) is 27.9. The number of para-hydroxylation sites is 2. The first-order chi connectivity index (χ1) is 11.8. The molecule has 2 fully saturated rings. The summed E-state index contributed by atoms with van der Waals surface area (Å²) in [4.78, 5) is 12.9. The van der Waals surface area contributed by atoms with Gasteiger partial charge in [-0.15, -0.1) is 0 Å². The van der Waals surface area contributed by atoms with E-state index in [1.54, 1.807) is 7.11 Å². The van der Waals surface area contributed by atoms with Crippen LogP contribution in [0.1, 0.15) is 30.7 Å². The van der Waals surface area contributed by atoms with E-state index in [9.17, 15) is 4.79 Å². The Morgan fingerprint density at radius 2 is 1.67 bits per heavy atom. The predicted octanol–water partition coefficient (Wildman–Crippen LogP) is 4.46. The molecule has 2 aliphatic rings. The molecule has 2 aliphatic carbocycles. The second-order valence-electron chi connectivity index (χ2n) is 6.91. The first-order valence-electron chi connectivity index (χ1n) is 8.78. The lowest BCUT2D eigenvalue weighted by Crippen LogP contribution is -2.53. The van der Waals surface area contributed by atoms with Crippen LogP contribution in [0.2, 0.25) is 0 Å². The lowest BCUT2D eigenvalue weighted by molar-refractivity contribution is -0.135. The molecule has 4 rings (SSSR count). The van der Waals surface area contributed by atoms with Crippen LogP contribution >= 0.6 is 0 Å². The largest absolute Gasteiger partial charge is 0.495 e. The Bertz CT molecular complexity index is 716. The molecule has 3 nitrogen and oxygen atoms in total. The van der Waals surface area contributed by atoms with Gasteiger partial charge < -0.3 is 10.1 Å². The van der Waals surface area contributed by atoms with Crippen molar-refractivity contribution in [3.63, 3.8) is 0 Å². The number of benzene rings is 2. The van der Waals surface area contributed by atoms with Crippen LogP contribution in [0.5, 0.6) is 5.75 Å². The summed E-state index contributed by atoms with van der Waals surface area (Å²) in [5.41, 5.74) is 2.17. The molecule has 0 heterocycles. The van der Waals surface area contributed by atoms with Crippen molar-refractivity contribution in [3.05, 3.63) is 60.2 Å². The third-order valence-electron chi connectivity index (χ3n) is 5.77. The van der Waals surface area contributed by atoms with Gasteiger partial charge in [0.2, 0.25) is 5.91 Å². The number of fused-ring (bicyclic) bond motifs is 2. The summed E-state index contributed by atoms with van der Waals surface area (Å²) in [6.07, 6.45) is 3.55. The molecule has 24 heavy (non-hydrogen) atoms. The fraction of sp³-hybridized carbons (Fsp3) is 0.381. The van der Waals surface area contributed by atoms with Gasteiger partial charge in [-0.05, 0) is 48.3 Å². The first-order valence-corrected chi connectivity index (χ1v) is 8.78. The van der Waals surface area contributed by atoms with Crippen molar-refractivity contribution >= 4 is 11.6 Å². The van der Waals surface area contributed by atoms with Gasteiger partial charge in [-0.25, -0.2) is 0 Å². The number of amides is 1. The average Bonchev–Trinajstić information content (AvgIpc) is 2.63. The molecule has 3 heteroatoms. The number of nitrogens with one attached hydrogen (secondary N) is 1. The lowest BCUT2D eigenvalue weighted by Gasteiger charge is -2.55. The first kappa shape index (κ1) is 15.3. The molecular formula is C21H23NO2. The number of rotatable bonds is 4. The molecule has 0 aliphatic heterocycles. The third-order valence-corrected chi connectivity index (χ3v) is 5.77. The van der Waals surface area contributed by atoms with E-state index in [1.807, 2.05) is 24.3 Å². The van der Waals surface area contributed by atoms with E-state index in [1.165, 1.54) is 12.0 Å². The quantitative estimate of drug-likeness (QED) is 0.902. The summed E-state index contributed by atoms with van der Waals surface area (Å²) in [6.45, 7) is 0. The maximum Gasteiger partial charge on any atom is 0.228 e. The van der Waals surface area contributed by atoms with E-state index in [4.69, 9.17) is 4.74 Å². The van der Waals surface area contributed by atoms with E-state index >= 15 is 0 Å². The topological polar surface area (TPSA) is 38.3 Å². The predicted molar refractivity (Wildman–Crippen MR) is 95.1 cm³/mol.